The minimum absolute atomic E-state index is 0.0445. The van der Waals surface area contributed by atoms with Crippen molar-refractivity contribution in [2.24, 2.45) is 0 Å². The molecule has 0 aliphatic carbocycles. The standard InChI is InChI=1S/C18H20N2O4/c1-2-14-5-3-4-6-16(14)24-12-19-18(23)20-15-9-7-13(8-10-15)11-17(21)22/h3-10H,2,11-12H2,1H3,(H,21,22)(H2,19,20,23). The van der Waals surface area contributed by atoms with Gasteiger partial charge in [-0.2, -0.15) is 0 Å². The summed E-state index contributed by atoms with van der Waals surface area (Å²) in [6.45, 7) is 2.09. The van der Waals surface area contributed by atoms with Crippen LogP contribution >= 0.6 is 0 Å². The van der Waals surface area contributed by atoms with Gasteiger partial charge >= 0.3 is 12.0 Å². The molecule has 0 aromatic heterocycles. The van der Waals surface area contributed by atoms with Crippen molar-refractivity contribution in [3.05, 3.63) is 59.7 Å². The number of amides is 2. The fraction of sp³-hybridized carbons (Fsp3) is 0.222. The van der Waals surface area contributed by atoms with Gasteiger partial charge in [0, 0.05) is 5.69 Å². The minimum atomic E-state index is -0.891. The molecule has 0 saturated carbocycles. The van der Waals surface area contributed by atoms with E-state index in [4.69, 9.17) is 9.84 Å². The summed E-state index contributed by atoms with van der Waals surface area (Å²) in [7, 11) is 0. The Kier molecular flexibility index (Phi) is 6.19. The number of carboxylic acid groups (broad SMARTS) is 1. The van der Waals surface area contributed by atoms with Crippen LogP contribution in [0.15, 0.2) is 48.5 Å². The number of ether oxygens (including phenoxy) is 1. The van der Waals surface area contributed by atoms with E-state index in [1.165, 1.54) is 0 Å². The number of carbonyl (C=O) groups excluding carboxylic acids is 1. The average molecular weight is 328 g/mol. The number of urea groups is 1. The van der Waals surface area contributed by atoms with Gasteiger partial charge in [0.05, 0.1) is 6.42 Å². The molecule has 0 fully saturated rings. The zero-order valence-electron chi connectivity index (χ0n) is 13.4. The van der Waals surface area contributed by atoms with Crippen LogP contribution in [0.4, 0.5) is 10.5 Å². The number of para-hydroxylation sites is 1. The molecule has 2 aromatic rings. The maximum Gasteiger partial charge on any atom is 0.321 e. The largest absolute Gasteiger partial charge is 0.481 e. The van der Waals surface area contributed by atoms with E-state index < -0.39 is 12.0 Å². The van der Waals surface area contributed by atoms with E-state index in [0.717, 1.165) is 17.7 Å². The molecule has 6 heteroatoms. The third-order valence-corrected chi connectivity index (χ3v) is 3.38. The van der Waals surface area contributed by atoms with Gasteiger partial charge in [-0.05, 0) is 35.7 Å². The fourth-order valence-electron chi connectivity index (χ4n) is 2.17. The molecule has 0 spiro atoms. The first kappa shape index (κ1) is 17.3. The van der Waals surface area contributed by atoms with E-state index in [1.807, 2.05) is 31.2 Å². The maximum atomic E-state index is 11.8. The molecule has 0 aliphatic rings. The summed E-state index contributed by atoms with van der Waals surface area (Å²) >= 11 is 0. The molecule has 0 saturated heterocycles. The van der Waals surface area contributed by atoms with Crippen LogP contribution in [-0.2, 0) is 17.6 Å². The molecule has 0 radical (unpaired) electrons. The molecule has 126 valence electrons. The molecule has 0 bridgehead atoms. The number of aryl methyl sites for hydroxylation is 1. The molecule has 24 heavy (non-hydrogen) atoms. The lowest BCUT2D eigenvalue weighted by atomic mass is 10.1. The van der Waals surface area contributed by atoms with E-state index in [0.29, 0.717) is 11.3 Å². The predicted molar refractivity (Wildman–Crippen MR) is 91.3 cm³/mol. The Morgan fingerprint density at radius 2 is 1.79 bits per heavy atom. The topological polar surface area (TPSA) is 87.7 Å². The first-order chi connectivity index (χ1) is 11.6. The quantitative estimate of drug-likeness (QED) is 0.682. The van der Waals surface area contributed by atoms with Crippen LogP contribution in [0.3, 0.4) is 0 Å². The number of rotatable bonds is 7. The number of carboxylic acids is 1. The highest BCUT2D eigenvalue weighted by atomic mass is 16.5. The van der Waals surface area contributed by atoms with Crippen molar-refractivity contribution in [1.82, 2.24) is 5.32 Å². The van der Waals surface area contributed by atoms with Crippen LogP contribution in [0.1, 0.15) is 18.1 Å². The third kappa shape index (κ3) is 5.31. The number of nitrogens with one attached hydrogen (secondary N) is 2. The van der Waals surface area contributed by atoms with Crippen LogP contribution in [0.2, 0.25) is 0 Å². The monoisotopic (exact) mass is 328 g/mol. The number of hydrogen-bond donors (Lipinski definition) is 3. The minimum Gasteiger partial charge on any atom is -0.481 e. The van der Waals surface area contributed by atoms with Gasteiger partial charge in [0.2, 0.25) is 0 Å². The van der Waals surface area contributed by atoms with Crippen LogP contribution in [0, 0.1) is 0 Å². The molecule has 0 atom stereocenters. The lowest BCUT2D eigenvalue weighted by Gasteiger charge is -2.12. The molecule has 0 unspecified atom stereocenters. The second-order valence-electron chi connectivity index (χ2n) is 5.15. The Bertz CT molecular complexity index is 698. The predicted octanol–water partition coefficient (Wildman–Crippen LogP) is 3.03. The normalized spacial score (nSPS) is 10.0. The number of hydrogen-bond acceptors (Lipinski definition) is 3. The number of benzene rings is 2. The first-order valence-electron chi connectivity index (χ1n) is 7.64. The fourth-order valence-corrected chi connectivity index (χ4v) is 2.17. The summed E-state index contributed by atoms with van der Waals surface area (Å²) in [5.74, 6) is -0.142. The van der Waals surface area contributed by atoms with Gasteiger partial charge in [0.15, 0.2) is 6.73 Å². The SMILES string of the molecule is CCc1ccccc1OCNC(=O)Nc1ccc(CC(=O)O)cc1. The van der Waals surface area contributed by atoms with E-state index >= 15 is 0 Å². The van der Waals surface area contributed by atoms with Crippen LogP contribution in [0.25, 0.3) is 0 Å². The van der Waals surface area contributed by atoms with Crippen molar-refractivity contribution in [2.45, 2.75) is 19.8 Å². The molecule has 2 aromatic carbocycles. The second-order valence-corrected chi connectivity index (χ2v) is 5.15. The van der Waals surface area contributed by atoms with Crippen molar-refractivity contribution < 1.29 is 19.4 Å². The van der Waals surface area contributed by atoms with E-state index in [1.54, 1.807) is 24.3 Å². The van der Waals surface area contributed by atoms with Gasteiger partial charge < -0.3 is 20.5 Å². The van der Waals surface area contributed by atoms with E-state index in [9.17, 15) is 9.59 Å². The van der Waals surface area contributed by atoms with E-state index in [2.05, 4.69) is 10.6 Å². The molecular formula is C18H20N2O4. The highest BCUT2D eigenvalue weighted by molar-refractivity contribution is 5.89. The zero-order valence-corrected chi connectivity index (χ0v) is 13.4. The second kappa shape index (κ2) is 8.57. The molecule has 2 amide bonds. The van der Waals surface area contributed by atoms with E-state index in [-0.39, 0.29) is 13.2 Å². The molecule has 3 N–H and O–H groups in total. The Morgan fingerprint density at radius 3 is 2.46 bits per heavy atom. The Morgan fingerprint density at radius 1 is 1.08 bits per heavy atom. The highest BCUT2D eigenvalue weighted by Gasteiger charge is 2.05. The summed E-state index contributed by atoms with van der Waals surface area (Å²) in [6, 6.07) is 13.9. The Labute approximate surface area is 140 Å². The summed E-state index contributed by atoms with van der Waals surface area (Å²) in [6.07, 6.45) is 0.808. The van der Waals surface area contributed by atoms with Gasteiger partial charge in [0.25, 0.3) is 0 Å². The molecule has 0 heterocycles. The lowest BCUT2D eigenvalue weighted by molar-refractivity contribution is -0.136. The van der Waals surface area contributed by atoms with Crippen molar-refractivity contribution in [3.63, 3.8) is 0 Å². The number of carbonyl (C=O) groups is 2. The Balaban J connectivity index is 1.80. The Hall–Kier alpha value is -3.02. The third-order valence-electron chi connectivity index (χ3n) is 3.38. The molecular weight excluding hydrogens is 308 g/mol. The van der Waals surface area contributed by atoms with Gasteiger partial charge in [0.1, 0.15) is 5.75 Å². The van der Waals surface area contributed by atoms with Crippen molar-refractivity contribution in [1.29, 1.82) is 0 Å². The lowest BCUT2D eigenvalue weighted by Crippen LogP contribution is -2.32. The van der Waals surface area contributed by atoms with Gasteiger partial charge in [-0.25, -0.2) is 4.79 Å². The summed E-state index contributed by atoms with van der Waals surface area (Å²) in [5.41, 5.74) is 2.33. The maximum absolute atomic E-state index is 11.8. The zero-order chi connectivity index (χ0) is 17.4. The summed E-state index contributed by atoms with van der Waals surface area (Å²) in [5, 5.41) is 14.0. The number of anilines is 1. The number of aliphatic carboxylic acids is 1. The smallest absolute Gasteiger partial charge is 0.321 e. The molecule has 6 nitrogen and oxygen atoms in total. The van der Waals surface area contributed by atoms with Crippen molar-refractivity contribution >= 4 is 17.7 Å². The van der Waals surface area contributed by atoms with Gasteiger partial charge in [-0.15, -0.1) is 0 Å². The summed E-state index contributed by atoms with van der Waals surface area (Å²) in [4.78, 5) is 22.4. The highest BCUT2D eigenvalue weighted by Crippen LogP contribution is 2.17. The molecule has 2 rings (SSSR count). The van der Waals surface area contributed by atoms with Crippen LogP contribution < -0.4 is 15.4 Å². The summed E-state index contributed by atoms with van der Waals surface area (Å²) < 4.78 is 5.56. The average Bonchev–Trinajstić information content (AvgIpc) is 2.56. The van der Waals surface area contributed by atoms with Crippen LogP contribution in [0.5, 0.6) is 5.75 Å². The van der Waals surface area contributed by atoms with Crippen molar-refractivity contribution in [3.8, 4) is 5.75 Å². The van der Waals surface area contributed by atoms with Gasteiger partial charge in [-0.3, -0.25) is 4.79 Å². The van der Waals surface area contributed by atoms with Crippen molar-refractivity contribution in [2.75, 3.05) is 12.0 Å². The first-order valence-corrected chi connectivity index (χ1v) is 7.64. The van der Waals surface area contributed by atoms with Crippen LogP contribution in [-0.4, -0.2) is 23.8 Å². The van der Waals surface area contributed by atoms with Gasteiger partial charge in [-0.1, -0.05) is 37.3 Å². The molecule has 0 aliphatic heterocycles.